The predicted octanol–water partition coefficient (Wildman–Crippen LogP) is 2.63. The van der Waals surface area contributed by atoms with Crippen molar-refractivity contribution < 1.29 is 0 Å². The van der Waals surface area contributed by atoms with Crippen LogP contribution in [0.2, 0.25) is 0 Å². The zero-order valence-corrected chi connectivity index (χ0v) is 12.3. The summed E-state index contributed by atoms with van der Waals surface area (Å²) in [6, 6.07) is 0. The Morgan fingerprint density at radius 3 is 2.83 bits per heavy atom. The average molecular weight is 310 g/mol. The molecular weight excluding hydrogens is 294 g/mol. The molecule has 0 bridgehead atoms. The first kappa shape index (κ1) is 13.0. The first-order valence-electron chi connectivity index (χ1n) is 5.95. The molecule has 2 heterocycles. The fraction of sp³-hybridized carbons (Fsp3) is 0.417. The van der Waals surface area contributed by atoms with E-state index in [0.717, 1.165) is 34.5 Å². The summed E-state index contributed by atoms with van der Waals surface area (Å²) in [4.78, 5) is 8.89. The number of aryl methyl sites for hydroxylation is 2. The molecule has 0 amide bonds. The van der Waals surface area contributed by atoms with Crippen molar-refractivity contribution in [2.45, 2.75) is 20.3 Å². The van der Waals surface area contributed by atoms with Gasteiger partial charge < -0.3 is 5.32 Å². The first-order valence-corrected chi connectivity index (χ1v) is 6.74. The topological polar surface area (TPSA) is 55.6 Å². The van der Waals surface area contributed by atoms with Gasteiger partial charge in [0.05, 0.1) is 15.7 Å². The summed E-state index contributed by atoms with van der Waals surface area (Å²) < 4.78 is 2.67. The van der Waals surface area contributed by atoms with Crippen LogP contribution in [0.3, 0.4) is 0 Å². The molecule has 0 radical (unpaired) electrons. The van der Waals surface area contributed by atoms with Crippen LogP contribution in [0.1, 0.15) is 19.5 Å². The van der Waals surface area contributed by atoms with Gasteiger partial charge in [-0.05, 0) is 29.3 Å². The van der Waals surface area contributed by atoms with E-state index in [-0.39, 0.29) is 0 Å². The third-order valence-electron chi connectivity index (χ3n) is 2.57. The fourth-order valence-electron chi connectivity index (χ4n) is 1.77. The van der Waals surface area contributed by atoms with Gasteiger partial charge in [-0.15, -0.1) is 0 Å². The molecule has 2 aromatic rings. The number of nitrogens with one attached hydrogen (secondary N) is 1. The molecule has 6 heteroatoms. The maximum atomic E-state index is 4.53. The highest BCUT2D eigenvalue weighted by atomic mass is 79.9. The summed E-state index contributed by atoms with van der Waals surface area (Å²) in [6.07, 6.45) is 4.59. The van der Waals surface area contributed by atoms with Gasteiger partial charge >= 0.3 is 0 Å². The lowest BCUT2D eigenvalue weighted by Crippen LogP contribution is -2.02. The SMILES string of the molecule is CCNc1nc(-c2cn(C)nc2CC)ncc1Br. The molecule has 18 heavy (non-hydrogen) atoms. The summed E-state index contributed by atoms with van der Waals surface area (Å²) in [7, 11) is 1.91. The van der Waals surface area contributed by atoms with Crippen molar-refractivity contribution in [2.24, 2.45) is 7.05 Å². The Balaban J connectivity index is 2.46. The molecule has 0 fully saturated rings. The van der Waals surface area contributed by atoms with Crippen LogP contribution in [-0.4, -0.2) is 26.3 Å². The predicted molar refractivity (Wildman–Crippen MR) is 75.5 cm³/mol. The van der Waals surface area contributed by atoms with Crippen LogP contribution < -0.4 is 5.32 Å². The second-order valence-electron chi connectivity index (χ2n) is 3.94. The summed E-state index contributed by atoms with van der Waals surface area (Å²) in [5.41, 5.74) is 2.01. The lowest BCUT2D eigenvalue weighted by Gasteiger charge is -2.06. The Morgan fingerprint density at radius 2 is 2.17 bits per heavy atom. The molecule has 0 spiro atoms. The summed E-state index contributed by atoms with van der Waals surface area (Å²) in [5.74, 6) is 1.52. The van der Waals surface area contributed by atoms with Crippen LogP contribution in [0.15, 0.2) is 16.9 Å². The van der Waals surface area contributed by atoms with Gasteiger partial charge in [0.15, 0.2) is 5.82 Å². The number of rotatable bonds is 4. The van der Waals surface area contributed by atoms with Gasteiger partial charge in [-0.2, -0.15) is 5.10 Å². The van der Waals surface area contributed by atoms with Crippen LogP contribution in [-0.2, 0) is 13.5 Å². The standard InChI is InChI=1S/C12H16BrN5/c1-4-10-8(7-18(3)17-10)11-15-6-9(13)12(16-11)14-5-2/h6-7H,4-5H2,1-3H3,(H,14,15,16). The van der Waals surface area contributed by atoms with Crippen molar-refractivity contribution in [3.63, 3.8) is 0 Å². The van der Waals surface area contributed by atoms with Crippen LogP contribution in [0.4, 0.5) is 5.82 Å². The largest absolute Gasteiger partial charge is 0.369 e. The second-order valence-corrected chi connectivity index (χ2v) is 4.79. The van der Waals surface area contributed by atoms with Crippen molar-refractivity contribution >= 4 is 21.7 Å². The highest BCUT2D eigenvalue weighted by Crippen LogP contribution is 2.25. The lowest BCUT2D eigenvalue weighted by molar-refractivity contribution is 0.746. The minimum atomic E-state index is 0.708. The normalized spacial score (nSPS) is 10.7. The monoisotopic (exact) mass is 309 g/mol. The van der Waals surface area contributed by atoms with Crippen LogP contribution in [0.25, 0.3) is 11.4 Å². The third-order valence-corrected chi connectivity index (χ3v) is 3.15. The third kappa shape index (κ3) is 2.53. The van der Waals surface area contributed by atoms with Crippen LogP contribution in [0, 0.1) is 0 Å². The van der Waals surface area contributed by atoms with E-state index in [1.807, 2.05) is 20.2 Å². The van der Waals surface area contributed by atoms with Gasteiger partial charge in [-0.25, -0.2) is 9.97 Å². The Hall–Kier alpha value is -1.43. The smallest absolute Gasteiger partial charge is 0.165 e. The maximum absolute atomic E-state index is 4.53. The van der Waals surface area contributed by atoms with E-state index in [4.69, 9.17) is 0 Å². The molecule has 0 unspecified atom stereocenters. The van der Waals surface area contributed by atoms with Crippen LogP contribution >= 0.6 is 15.9 Å². The molecule has 0 saturated carbocycles. The molecule has 0 saturated heterocycles. The van der Waals surface area contributed by atoms with Crippen molar-refractivity contribution in [2.75, 3.05) is 11.9 Å². The quantitative estimate of drug-likeness (QED) is 0.943. The summed E-state index contributed by atoms with van der Waals surface area (Å²) >= 11 is 3.44. The Bertz CT molecular complexity index is 549. The second kappa shape index (κ2) is 5.48. The van der Waals surface area contributed by atoms with Gasteiger partial charge in [0, 0.05) is 26.0 Å². The van der Waals surface area contributed by atoms with Crippen LogP contribution in [0.5, 0.6) is 0 Å². The van der Waals surface area contributed by atoms with Gasteiger partial charge in [0.25, 0.3) is 0 Å². The molecule has 0 aliphatic rings. The van der Waals surface area contributed by atoms with E-state index in [0.29, 0.717) is 5.82 Å². The molecular formula is C12H16BrN5. The number of hydrogen-bond acceptors (Lipinski definition) is 4. The van der Waals surface area contributed by atoms with E-state index in [2.05, 4.69) is 43.2 Å². The molecule has 1 N–H and O–H groups in total. The number of hydrogen-bond donors (Lipinski definition) is 1. The Labute approximate surface area is 115 Å². The average Bonchev–Trinajstić information content (AvgIpc) is 2.73. The lowest BCUT2D eigenvalue weighted by atomic mass is 10.2. The molecule has 0 atom stereocenters. The highest BCUT2D eigenvalue weighted by Gasteiger charge is 2.12. The van der Waals surface area contributed by atoms with Gasteiger partial charge in [-0.1, -0.05) is 6.92 Å². The zero-order chi connectivity index (χ0) is 13.1. The van der Waals surface area contributed by atoms with Crippen molar-refractivity contribution in [3.05, 3.63) is 22.6 Å². The highest BCUT2D eigenvalue weighted by molar-refractivity contribution is 9.10. The van der Waals surface area contributed by atoms with E-state index < -0.39 is 0 Å². The van der Waals surface area contributed by atoms with E-state index in [1.54, 1.807) is 10.9 Å². The Morgan fingerprint density at radius 1 is 1.39 bits per heavy atom. The molecule has 2 aromatic heterocycles. The summed E-state index contributed by atoms with van der Waals surface area (Å²) in [5, 5.41) is 7.61. The molecule has 0 aliphatic carbocycles. The maximum Gasteiger partial charge on any atom is 0.165 e. The van der Waals surface area contributed by atoms with Gasteiger partial charge in [0.1, 0.15) is 5.82 Å². The minimum Gasteiger partial charge on any atom is -0.369 e. The van der Waals surface area contributed by atoms with E-state index >= 15 is 0 Å². The number of anilines is 1. The summed E-state index contributed by atoms with van der Waals surface area (Å²) in [6.45, 7) is 4.94. The Kier molecular flexibility index (Phi) is 3.96. The van der Waals surface area contributed by atoms with E-state index in [1.165, 1.54) is 0 Å². The molecule has 0 aromatic carbocycles. The van der Waals surface area contributed by atoms with Crippen molar-refractivity contribution in [3.8, 4) is 11.4 Å². The fourth-order valence-corrected chi connectivity index (χ4v) is 2.10. The molecule has 2 rings (SSSR count). The number of nitrogens with zero attached hydrogens (tertiary/aromatic N) is 4. The van der Waals surface area contributed by atoms with Crippen molar-refractivity contribution in [1.82, 2.24) is 19.7 Å². The molecule has 5 nitrogen and oxygen atoms in total. The minimum absolute atomic E-state index is 0.708. The van der Waals surface area contributed by atoms with Gasteiger partial charge in [-0.3, -0.25) is 4.68 Å². The first-order chi connectivity index (χ1) is 8.65. The number of halogens is 1. The van der Waals surface area contributed by atoms with Gasteiger partial charge in [0.2, 0.25) is 0 Å². The number of aromatic nitrogens is 4. The van der Waals surface area contributed by atoms with E-state index in [9.17, 15) is 0 Å². The zero-order valence-electron chi connectivity index (χ0n) is 10.7. The molecule has 96 valence electrons. The molecule has 0 aliphatic heterocycles. The van der Waals surface area contributed by atoms with Crippen molar-refractivity contribution in [1.29, 1.82) is 0 Å².